The number of rotatable bonds is 9. The molecule has 0 heterocycles. The Hall–Kier alpha value is -2.82. The summed E-state index contributed by atoms with van der Waals surface area (Å²) in [5, 5.41) is 2.80. The normalized spacial score (nSPS) is 11.5. The molecule has 5 nitrogen and oxygen atoms in total. The van der Waals surface area contributed by atoms with Crippen molar-refractivity contribution < 1.29 is 19.1 Å². The van der Waals surface area contributed by atoms with Crippen LogP contribution in [0, 0.1) is 6.92 Å². The number of hydrogen-bond donors (Lipinski definition) is 1. The molecule has 1 atom stereocenters. The molecule has 2 rings (SSSR count). The van der Waals surface area contributed by atoms with E-state index in [4.69, 9.17) is 9.47 Å². The van der Waals surface area contributed by atoms with Crippen LogP contribution in [-0.2, 0) is 14.3 Å². The fourth-order valence-corrected chi connectivity index (χ4v) is 2.44. The molecule has 1 amide bonds. The maximum Gasteiger partial charge on any atom is 0.306 e. The van der Waals surface area contributed by atoms with Crippen molar-refractivity contribution in [1.82, 2.24) is 5.32 Å². The third-order valence-corrected chi connectivity index (χ3v) is 3.82. The van der Waals surface area contributed by atoms with Gasteiger partial charge in [-0.1, -0.05) is 42.5 Å². The van der Waals surface area contributed by atoms with E-state index in [1.807, 2.05) is 68.4 Å². The van der Waals surface area contributed by atoms with Gasteiger partial charge in [-0.2, -0.15) is 0 Å². The molecule has 0 radical (unpaired) electrons. The van der Waals surface area contributed by atoms with Crippen molar-refractivity contribution in [3.63, 3.8) is 0 Å². The molecule has 0 aliphatic heterocycles. The molecule has 0 aliphatic carbocycles. The van der Waals surface area contributed by atoms with Crippen LogP contribution in [0.1, 0.15) is 36.9 Å². The summed E-state index contributed by atoms with van der Waals surface area (Å²) in [5.74, 6) is 0.0683. The van der Waals surface area contributed by atoms with Gasteiger partial charge in [0.1, 0.15) is 5.75 Å². The highest BCUT2D eigenvalue weighted by molar-refractivity contribution is 5.80. The lowest BCUT2D eigenvalue weighted by molar-refractivity contribution is -0.148. The second-order valence-electron chi connectivity index (χ2n) is 6.13. The minimum absolute atomic E-state index is 0.134. The van der Waals surface area contributed by atoms with Gasteiger partial charge in [0.2, 0.25) is 0 Å². The molecule has 2 aromatic carbocycles. The standard InChI is InChI=1S/C21H25NO4/c1-16-8-6-11-19(14-16)25-13-7-12-21(24)26-15-20(23)22-17(2)18-9-4-3-5-10-18/h3-6,8-11,14,17H,7,12-13,15H2,1-2H3,(H,22,23)/t17-/m0/s1. The number of ether oxygens (including phenoxy) is 2. The summed E-state index contributed by atoms with van der Waals surface area (Å²) < 4.78 is 10.6. The average molecular weight is 355 g/mol. The fourth-order valence-electron chi connectivity index (χ4n) is 2.44. The molecule has 0 fully saturated rings. The Morgan fingerprint density at radius 1 is 1.08 bits per heavy atom. The summed E-state index contributed by atoms with van der Waals surface area (Å²) in [6.07, 6.45) is 0.752. The lowest BCUT2D eigenvalue weighted by Gasteiger charge is -2.14. The molecular weight excluding hydrogens is 330 g/mol. The zero-order valence-corrected chi connectivity index (χ0v) is 15.2. The summed E-state index contributed by atoms with van der Waals surface area (Å²) in [4.78, 5) is 23.6. The van der Waals surface area contributed by atoms with Crippen molar-refractivity contribution >= 4 is 11.9 Å². The van der Waals surface area contributed by atoms with E-state index in [1.54, 1.807) is 0 Å². The number of carbonyl (C=O) groups excluding carboxylic acids is 2. The van der Waals surface area contributed by atoms with Crippen molar-refractivity contribution in [2.45, 2.75) is 32.7 Å². The Balaban J connectivity index is 1.60. The fraction of sp³-hybridized carbons (Fsp3) is 0.333. The zero-order valence-electron chi connectivity index (χ0n) is 15.2. The van der Waals surface area contributed by atoms with E-state index >= 15 is 0 Å². The molecule has 0 spiro atoms. The highest BCUT2D eigenvalue weighted by Crippen LogP contribution is 2.13. The second kappa shape index (κ2) is 10.2. The quantitative estimate of drug-likeness (QED) is 0.552. The van der Waals surface area contributed by atoms with Crippen molar-refractivity contribution in [3.05, 3.63) is 65.7 Å². The van der Waals surface area contributed by atoms with Crippen LogP contribution < -0.4 is 10.1 Å². The van der Waals surface area contributed by atoms with Crippen LogP contribution in [-0.4, -0.2) is 25.1 Å². The highest BCUT2D eigenvalue weighted by atomic mass is 16.5. The average Bonchev–Trinajstić information content (AvgIpc) is 2.64. The smallest absolute Gasteiger partial charge is 0.306 e. The Kier molecular flexibility index (Phi) is 7.68. The van der Waals surface area contributed by atoms with E-state index in [0.717, 1.165) is 16.9 Å². The largest absolute Gasteiger partial charge is 0.494 e. The van der Waals surface area contributed by atoms with Gasteiger partial charge in [0, 0.05) is 6.42 Å². The van der Waals surface area contributed by atoms with Gasteiger partial charge in [0.25, 0.3) is 5.91 Å². The van der Waals surface area contributed by atoms with E-state index in [2.05, 4.69) is 5.32 Å². The number of amides is 1. The minimum Gasteiger partial charge on any atom is -0.494 e. The SMILES string of the molecule is Cc1cccc(OCCCC(=O)OCC(=O)N[C@@H](C)c2ccccc2)c1. The van der Waals surface area contributed by atoms with E-state index in [1.165, 1.54) is 0 Å². The maximum absolute atomic E-state index is 11.9. The van der Waals surface area contributed by atoms with Gasteiger partial charge in [-0.05, 0) is 43.5 Å². The van der Waals surface area contributed by atoms with Crippen LogP contribution in [0.5, 0.6) is 5.75 Å². The van der Waals surface area contributed by atoms with Crippen molar-refractivity contribution in [2.75, 3.05) is 13.2 Å². The molecule has 0 saturated heterocycles. The van der Waals surface area contributed by atoms with Gasteiger partial charge in [0.15, 0.2) is 6.61 Å². The van der Waals surface area contributed by atoms with Gasteiger partial charge in [-0.3, -0.25) is 9.59 Å². The Labute approximate surface area is 154 Å². The first-order valence-electron chi connectivity index (χ1n) is 8.74. The molecule has 1 N–H and O–H groups in total. The summed E-state index contributed by atoms with van der Waals surface area (Å²) in [7, 11) is 0. The van der Waals surface area contributed by atoms with Crippen LogP contribution in [0.3, 0.4) is 0 Å². The molecule has 26 heavy (non-hydrogen) atoms. The zero-order chi connectivity index (χ0) is 18.8. The molecule has 0 aliphatic rings. The third-order valence-electron chi connectivity index (χ3n) is 3.82. The molecule has 0 aromatic heterocycles. The van der Waals surface area contributed by atoms with Gasteiger partial charge in [-0.25, -0.2) is 0 Å². The van der Waals surface area contributed by atoms with Crippen LogP contribution in [0.2, 0.25) is 0 Å². The molecule has 0 unspecified atom stereocenters. The van der Waals surface area contributed by atoms with E-state index < -0.39 is 5.97 Å². The lowest BCUT2D eigenvalue weighted by atomic mass is 10.1. The predicted molar refractivity (Wildman–Crippen MR) is 99.9 cm³/mol. The van der Waals surface area contributed by atoms with Crippen LogP contribution >= 0.6 is 0 Å². The Morgan fingerprint density at radius 3 is 2.58 bits per heavy atom. The predicted octanol–water partition coefficient (Wildman–Crippen LogP) is 3.57. The topological polar surface area (TPSA) is 64.6 Å². The summed E-state index contributed by atoms with van der Waals surface area (Å²) in [5.41, 5.74) is 2.12. The van der Waals surface area contributed by atoms with Gasteiger partial charge in [0.05, 0.1) is 12.6 Å². The van der Waals surface area contributed by atoms with Gasteiger partial charge in [-0.15, -0.1) is 0 Å². The van der Waals surface area contributed by atoms with Gasteiger partial charge >= 0.3 is 5.97 Å². The van der Waals surface area contributed by atoms with Crippen LogP contribution in [0.4, 0.5) is 0 Å². The first-order valence-corrected chi connectivity index (χ1v) is 8.74. The molecule has 0 bridgehead atoms. The monoisotopic (exact) mass is 355 g/mol. The Bertz CT molecular complexity index is 715. The highest BCUT2D eigenvalue weighted by Gasteiger charge is 2.11. The van der Waals surface area contributed by atoms with Crippen molar-refractivity contribution in [3.8, 4) is 5.75 Å². The number of benzene rings is 2. The first-order chi connectivity index (χ1) is 12.5. The number of carbonyl (C=O) groups is 2. The number of aryl methyl sites for hydroxylation is 1. The number of esters is 1. The van der Waals surface area contributed by atoms with E-state index in [0.29, 0.717) is 13.0 Å². The summed E-state index contributed by atoms with van der Waals surface area (Å²) in [6.45, 7) is 4.04. The number of hydrogen-bond acceptors (Lipinski definition) is 4. The van der Waals surface area contributed by atoms with E-state index in [-0.39, 0.29) is 25.0 Å². The first kappa shape index (κ1) is 19.5. The second-order valence-corrected chi connectivity index (χ2v) is 6.13. The number of nitrogens with one attached hydrogen (secondary N) is 1. The molecule has 5 heteroatoms. The summed E-state index contributed by atoms with van der Waals surface area (Å²) >= 11 is 0. The molecule has 0 saturated carbocycles. The van der Waals surface area contributed by atoms with Crippen molar-refractivity contribution in [2.24, 2.45) is 0 Å². The van der Waals surface area contributed by atoms with Crippen LogP contribution in [0.25, 0.3) is 0 Å². The summed E-state index contributed by atoms with van der Waals surface area (Å²) in [6, 6.07) is 17.2. The maximum atomic E-state index is 11.9. The van der Waals surface area contributed by atoms with Gasteiger partial charge < -0.3 is 14.8 Å². The molecular formula is C21H25NO4. The molecule has 2 aromatic rings. The van der Waals surface area contributed by atoms with Crippen molar-refractivity contribution in [1.29, 1.82) is 0 Å². The van der Waals surface area contributed by atoms with Crippen LogP contribution in [0.15, 0.2) is 54.6 Å². The Morgan fingerprint density at radius 2 is 1.85 bits per heavy atom. The van der Waals surface area contributed by atoms with E-state index in [9.17, 15) is 9.59 Å². The minimum atomic E-state index is -0.402. The lowest BCUT2D eigenvalue weighted by Crippen LogP contribution is -2.31. The molecule has 138 valence electrons. The third kappa shape index (κ3) is 6.97.